The molecule has 0 heterocycles. The molecular formula is C93H176NO13P. The number of nitrogens with zero attached hydrogens (tertiary/aromatic N) is 1. The maximum Gasteiger partial charge on any atom is 0.472 e. The molecule has 1 rings (SSSR count). The zero-order chi connectivity index (χ0) is 78.9. The van der Waals surface area contributed by atoms with Gasteiger partial charge in [-0.2, -0.15) is 0 Å². The van der Waals surface area contributed by atoms with Crippen molar-refractivity contribution in [1.29, 1.82) is 0 Å². The number of hydrogen-bond donors (Lipinski definition) is 2. The molecule has 14 nitrogen and oxygen atoms in total. The Hall–Kier alpha value is -2.87. The Morgan fingerprint density at radius 3 is 1.01 bits per heavy atom. The number of unbranched alkanes of at least 4 members (excludes halogenated alkanes) is 57. The minimum Gasteiger partial charge on any atom is -0.550 e. The van der Waals surface area contributed by atoms with Crippen LogP contribution in [0.4, 0.5) is 0 Å². The van der Waals surface area contributed by atoms with E-state index in [9.17, 15) is 33.7 Å². The second-order valence-corrected chi connectivity index (χ2v) is 33.9. The second-order valence-electron chi connectivity index (χ2n) is 32.5. The van der Waals surface area contributed by atoms with Crippen LogP contribution in [0.15, 0.2) is 30.3 Å². The quantitative estimate of drug-likeness (QED) is 0.0271. The third kappa shape index (κ3) is 77.1. The summed E-state index contributed by atoms with van der Waals surface area (Å²) in [6, 6.07) is 10.6. The van der Waals surface area contributed by atoms with Gasteiger partial charge in [0.15, 0.2) is 6.10 Å². The van der Waals surface area contributed by atoms with Crippen LogP contribution in [0.2, 0.25) is 0 Å². The van der Waals surface area contributed by atoms with Gasteiger partial charge in [0.2, 0.25) is 0 Å². The third-order valence-electron chi connectivity index (χ3n) is 22.7. The molecular weight excluding hydrogens is 1370 g/mol. The normalized spacial score (nSPS) is 12.8. The van der Waals surface area contributed by atoms with Crippen molar-refractivity contribution in [2.75, 3.05) is 52.6 Å². The molecule has 636 valence electrons. The van der Waals surface area contributed by atoms with Gasteiger partial charge in [0, 0.05) is 31.8 Å². The molecule has 0 aromatic heterocycles. The van der Waals surface area contributed by atoms with E-state index in [1.807, 2.05) is 0 Å². The molecule has 0 aliphatic heterocycles. The largest absolute Gasteiger partial charge is 0.550 e. The first kappa shape index (κ1) is 105. The van der Waals surface area contributed by atoms with Crippen LogP contribution in [-0.4, -0.2) is 97.1 Å². The van der Waals surface area contributed by atoms with E-state index in [0.29, 0.717) is 25.3 Å². The molecule has 3 atom stereocenters. The van der Waals surface area contributed by atoms with Gasteiger partial charge < -0.3 is 38.6 Å². The average Bonchev–Trinajstić information content (AvgIpc) is 0.892. The first-order valence-electron chi connectivity index (χ1n) is 46.6. The maximum atomic E-state index is 12.8. The number of aliphatic carboxylic acids is 2. The number of carbonyl (C=O) groups is 4. The molecule has 0 fully saturated rings. The number of ether oxygens (including phenoxy) is 3. The number of carboxylic acid groups (broad SMARTS) is 2. The number of quaternary nitrogens is 1. The fraction of sp³-hybridized carbons (Fsp3) is 0.892. The van der Waals surface area contributed by atoms with E-state index in [4.69, 9.17) is 28.4 Å². The monoisotopic (exact) mass is 1550 g/mol. The van der Waals surface area contributed by atoms with Crippen LogP contribution in [0.3, 0.4) is 0 Å². The lowest BCUT2D eigenvalue weighted by atomic mass is 9.94. The van der Waals surface area contributed by atoms with Crippen molar-refractivity contribution in [1.82, 2.24) is 0 Å². The second kappa shape index (κ2) is 82.1. The van der Waals surface area contributed by atoms with Crippen LogP contribution < -0.4 is 5.11 Å². The van der Waals surface area contributed by atoms with E-state index in [1.54, 1.807) is 0 Å². The zero-order valence-corrected chi connectivity index (χ0v) is 72.5. The summed E-state index contributed by atoms with van der Waals surface area (Å²) in [5.41, 5.74) is 1.28. The van der Waals surface area contributed by atoms with Gasteiger partial charge in [0.25, 0.3) is 0 Å². The van der Waals surface area contributed by atoms with Gasteiger partial charge in [-0.3, -0.25) is 23.4 Å². The molecule has 1 aromatic carbocycles. The Kier molecular flexibility index (Phi) is 79.9. The van der Waals surface area contributed by atoms with Crippen LogP contribution in [-0.2, 0) is 53.6 Å². The highest BCUT2D eigenvalue weighted by Gasteiger charge is 2.29. The highest BCUT2D eigenvalue weighted by molar-refractivity contribution is 7.47. The number of rotatable bonds is 86. The molecule has 0 radical (unpaired) electrons. The van der Waals surface area contributed by atoms with Crippen molar-refractivity contribution in [3.63, 3.8) is 0 Å². The summed E-state index contributed by atoms with van der Waals surface area (Å²) in [7, 11) is -4.40. The van der Waals surface area contributed by atoms with Crippen molar-refractivity contribution in [2.24, 2.45) is 5.92 Å². The van der Waals surface area contributed by atoms with Gasteiger partial charge in [0.1, 0.15) is 19.8 Å². The number of hydrogen-bond acceptors (Lipinski definition) is 11. The number of esters is 2. The Labute approximate surface area is 666 Å². The van der Waals surface area contributed by atoms with Gasteiger partial charge in [-0.05, 0) is 77.2 Å². The van der Waals surface area contributed by atoms with Crippen LogP contribution in [0.25, 0.3) is 0 Å². The molecule has 15 heteroatoms. The SMILES string of the molecule is CCCCCCCCCCCCCCCCCC(=O)OCC(COP(=O)(O)OCC[N+](CC)(CC)CC)OC(=O)CCCCCCCCCCCCCCCCC.O=C([O-])CCCCCCCCCCCCCCCCCCC(CCCCCCCCCCCCCCCCCC(=O)O)COCc1ccccc1. The molecule has 3 unspecified atom stereocenters. The van der Waals surface area contributed by atoms with Crippen LogP contribution in [0.1, 0.15) is 470 Å². The lowest BCUT2D eigenvalue weighted by molar-refractivity contribution is -0.923. The van der Waals surface area contributed by atoms with Crippen LogP contribution in [0, 0.1) is 5.92 Å². The maximum absolute atomic E-state index is 12.8. The molecule has 108 heavy (non-hydrogen) atoms. The minimum absolute atomic E-state index is 0.0706. The van der Waals surface area contributed by atoms with E-state index >= 15 is 0 Å². The number of benzene rings is 1. The molecule has 0 aliphatic rings. The van der Waals surface area contributed by atoms with E-state index < -0.39 is 31.8 Å². The molecule has 0 spiro atoms. The van der Waals surface area contributed by atoms with Crippen molar-refractivity contribution in [2.45, 2.75) is 478 Å². The minimum atomic E-state index is -4.40. The first-order chi connectivity index (χ1) is 52.7. The Morgan fingerprint density at radius 2 is 0.685 bits per heavy atom. The fourth-order valence-electron chi connectivity index (χ4n) is 15.0. The molecule has 0 bridgehead atoms. The van der Waals surface area contributed by atoms with Gasteiger partial charge in [-0.15, -0.1) is 0 Å². The topological polar surface area (TPSA) is 195 Å². The van der Waals surface area contributed by atoms with E-state index in [-0.39, 0.29) is 38.6 Å². The summed E-state index contributed by atoms with van der Waals surface area (Å²) in [5.74, 6) is -1.64. The summed E-state index contributed by atoms with van der Waals surface area (Å²) >= 11 is 0. The number of phosphoric acid groups is 1. The predicted octanol–water partition coefficient (Wildman–Crippen LogP) is 27.3. The predicted molar refractivity (Wildman–Crippen MR) is 452 cm³/mol. The van der Waals surface area contributed by atoms with Gasteiger partial charge in [-0.25, -0.2) is 4.57 Å². The molecule has 0 saturated carbocycles. The van der Waals surface area contributed by atoms with Crippen molar-refractivity contribution in [3.8, 4) is 0 Å². The Bertz CT molecular complexity index is 2100. The van der Waals surface area contributed by atoms with Gasteiger partial charge in [-0.1, -0.05) is 410 Å². The Balaban J connectivity index is 0.00000213. The van der Waals surface area contributed by atoms with Crippen LogP contribution >= 0.6 is 7.82 Å². The summed E-state index contributed by atoms with van der Waals surface area (Å²) in [5, 5.41) is 19.1. The van der Waals surface area contributed by atoms with E-state index in [2.05, 4.69) is 65.0 Å². The summed E-state index contributed by atoms with van der Waals surface area (Å²) in [4.78, 5) is 56.8. The number of phosphoric ester groups is 1. The smallest absolute Gasteiger partial charge is 0.472 e. The number of carbonyl (C=O) groups excluding carboxylic acids is 3. The highest BCUT2D eigenvalue weighted by atomic mass is 31.2. The summed E-state index contributed by atoms with van der Waals surface area (Å²) in [6.07, 6.45) is 80.4. The molecule has 0 aliphatic carbocycles. The first-order valence-corrected chi connectivity index (χ1v) is 48.1. The van der Waals surface area contributed by atoms with E-state index in [1.165, 1.54) is 346 Å². The molecule has 2 N–H and O–H groups in total. The lowest BCUT2D eigenvalue weighted by Crippen LogP contribution is -2.49. The Morgan fingerprint density at radius 1 is 0.380 bits per heavy atom. The van der Waals surface area contributed by atoms with Crippen molar-refractivity contribution >= 4 is 31.7 Å². The molecule has 1 aromatic rings. The molecule has 0 amide bonds. The number of likely N-dealkylation sites (N-methyl/N-ethyl adjacent to an activating group) is 1. The molecule has 0 saturated heterocycles. The van der Waals surface area contributed by atoms with Crippen LogP contribution in [0.5, 0.6) is 0 Å². The van der Waals surface area contributed by atoms with Crippen molar-refractivity contribution < 1.29 is 66.6 Å². The van der Waals surface area contributed by atoms with Crippen molar-refractivity contribution in [3.05, 3.63) is 35.9 Å². The lowest BCUT2D eigenvalue weighted by Gasteiger charge is -2.35. The summed E-state index contributed by atoms with van der Waals surface area (Å²) in [6.45, 7) is 15.2. The fourth-order valence-corrected chi connectivity index (χ4v) is 15.8. The standard InChI is InChI=1S/C47H94NO8P.C46H82O5/c1-6-11-13-15-17-19-21-23-25-27-29-31-33-35-37-39-46(49)53-43-45(44-55-57(51,52)54-42-41-48(8-3,9-4)10-5)56-47(50)40-38-36-34-32-30-28-26-24-22-20-18-16-14-12-7-2;47-45(48)39-33-26-22-18-14-10-6-2-1-4-8-12-16-20-24-29-35-43(41-51-42-44-37-31-28-32-38-44)36-30-25-21-17-13-9-5-3-7-11-15-19-23-27-34-40-46(49)50/h45H,6-44H2,1-5H3;28,31-32,37-38,43H,1-27,29-30,33-36,39-42H2,(H,47,48)(H,49,50). The third-order valence-corrected chi connectivity index (χ3v) is 23.6. The zero-order valence-electron chi connectivity index (χ0n) is 71.6. The highest BCUT2D eigenvalue weighted by Crippen LogP contribution is 2.43. The van der Waals surface area contributed by atoms with Gasteiger partial charge >= 0.3 is 25.7 Å². The van der Waals surface area contributed by atoms with E-state index in [0.717, 1.165) is 102 Å². The van der Waals surface area contributed by atoms with Gasteiger partial charge in [0.05, 0.1) is 32.8 Å². The summed E-state index contributed by atoms with van der Waals surface area (Å²) < 4.78 is 41.4. The average molecular weight is 1550 g/mol. The number of carboxylic acids is 2.